The van der Waals surface area contributed by atoms with Crippen LogP contribution in [0.2, 0.25) is 0 Å². The quantitative estimate of drug-likeness (QED) is 0.819. The predicted molar refractivity (Wildman–Crippen MR) is 85.7 cm³/mol. The topological polar surface area (TPSA) is 69.6 Å². The summed E-state index contributed by atoms with van der Waals surface area (Å²) in [7, 11) is 0. The molecule has 2 aliphatic rings. The first-order valence-corrected chi connectivity index (χ1v) is 8.84. The third-order valence-electron chi connectivity index (χ3n) is 5.23. The van der Waals surface area contributed by atoms with Crippen LogP contribution in [0.5, 0.6) is 0 Å². The highest BCUT2D eigenvalue weighted by atomic mass is 16.4. The zero-order valence-electron chi connectivity index (χ0n) is 13.7. The Morgan fingerprint density at radius 1 is 1.14 bits per heavy atom. The first-order valence-electron chi connectivity index (χ1n) is 8.84. The van der Waals surface area contributed by atoms with Crippen molar-refractivity contribution in [1.29, 1.82) is 0 Å². The average molecular weight is 310 g/mol. The minimum Gasteiger partial charge on any atom is -0.481 e. The summed E-state index contributed by atoms with van der Waals surface area (Å²) in [5.41, 5.74) is 0. The van der Waals surface area contributed by atoms with Gasteiger partial charge < -0.3 is 15.3 Å². The van der Waals surface area contributed by atoms with Crippen molar-refractivity contribution in [2.45, 2.75) is 70.8 Å². The van der Waals surface area contributed by atoms with Gasteiger partial charge in [-0.2, -0.15) is 0 Å². The zero-order chi connectivity index (χ0) is 15.9. The number of nitrogens with one attached hydrogen (secondary N) is 1. The van der Waals surface area contributed by atoms with Gasteiger partial charge in [-0.25, -0.2) is 4.79 Å². The Hall–Kier alpha value is -1.26. The molecule has 5 nitrogen and oxygen atoms in total. The van der Waals surface area contributed by atoms with Crippen molar-refractivity contribution in [3.8, 4) is 0 Å². The molecular weight excluding hydrogens is 280 g/mol. The molecular formula is C17H30N2O3. The summed E-state index contributed by atoms with van der Waals surface area (Å²) in [6.07, 6.45) is 10.2. The highest BCUT2D eigenvalue weighted by Gasteiger charge is 2.27. The molecule has 1 saturated heterocycles. The van der Waals surface area contributed by atoms with Crippen molar-refractivity contribution in [2.24, 2.45) is 11.8 Å². The van der Waals surface area contributed by atoms with E-state index in [0.717, 1.165) is 12.3 Å². The molecule has 2 amide bonds. The smallest absolute Gasteiger partial charge is 0.317 e. The van der Waals surface area contributed by atoms with Crippen LogP contribution < -0.4 is 5.32 Å². The maximum Gasteiger partial charge on any atom is 0.317 e. The highest BCUT2D eigenvalue weighted by Crippen LogP contribution is 2.27. The summed E-state index contributed by atoms with van der Waals surface area (Å²) in [5, 5.41) is 12.1. The van der Waals surface area contributed by atoms with Gasteiger partial charge in [-0.05, 0) is 38.5 Å². The number of piperidine rings is 1. The van der Waals surface area contributed by atoms with Crippen LogP contribution in [-0.4, -0.2) is 41.1 Å². The second-order valence-electron chi connectivity index (χ2n) is 7.03. The molecule has 2 rings (SSSR count). The van der Waals surface area contributed by atoms with Gasteiger partial charge in [0.25, 0.3) is 0 Å². The number of carboxylic acid groups (broad SMARTS) is 1. The molecule has 1 aliphatic carbocycles. The van der Waals surface area contributed by atoms with E-state index in [-0.39, 0.29) is 18.0 Å². The predicted octanol–water partition coefficient (Wildman–Crippen LogP) is 3.24. The second-order valence-corrected chi connectivity index (χ2v) is 7.03. The number of amides is 2. The summed E-state index contributed by atoms with van der Waals surface area (Å²) in [6.45, 7) is 3.18. The van der Waals surface area contributed by atoms with E-state index in [4.69, 9.17) is 5.11 Å². The summed E-state index contributed by atoms with van der Waals surface area (Å²) in [6, 6.07) is 0.173. The molecule has 126 valence electrons. The molecule has 5 heteroatoms. The monoisotopic (exact) mass is 310 g/mol. The Kier molecular flexibility index (Phi) is 6.52. The van der Waals surface area contributed by atoms with Crippen LogP contribution in [0.15, 0.2) is 0 Å². The number of carbonyl (C=O) groups is 2. The first kappa shape index (κ1) is 17.1. The largest absolute Gasteiger partial charge is 0.481 e. The maximum atomic E-state index is 12.2. The highest BCUT2D eigenvalue weighted by molar-refractivity contribution is 5.75. The van der Waals surface area contributed by atoms with Gasteiger partial charge in [0.05, 0.1) is 5.92 Å². The van der Waals surface area contributed by atoms with E-state index in [2.05, 4.69) is 12.2 Å². The number of carbonyl (C=O) groups excluding carboxylic acids is 1. The fourth-order valence-corrected chi connectivity index (χ4v) is 3.67. The van der Waals surface area contributed by atoms with E-state index in [1.54, 1.807) is 4.90 Å². The lowest BCUT2D eigenvalue weighted by atomic mass is 9.85. The number of aliphatic carboxylic acids is 1. The molecule has 2 N–H and O–H groups in total. The number of rotatable bonds is 5. The Morgan fingerprint density at radius 3 is 2.36 bits per heavy atom. The molecule has 1 saturated carbocycles. The third-order valence-corrected chi connectivity index (χ3v) is 5.23. The minimum absolute atomic E-state index is 0.0278. The van der Waals surface area contributed by atoms with E-state index in [1.807, 2.05) is 0 Å². The normalized spacial score (nSPS) is 22.3. The minimum atomic E-state index is -0.735. The average Bonchev–Trinajstić information content (AvgIpc) is 2.54. The number of carboxylic acids is 1. The van der Waals surface area contributed by atoms with Gasteiger partial charge in [0.2, 0.25) is 0 Å². The van der Waals surface area contributed by atoms with Gasteiger partial charge >= 0.3 is 12.0 Å². The lowest BCUT2D eigenvalue weighted by Gasteiger charge is -2.31. The van der Waals surface area contributed by atoms with Crippen LogP contribution in [-0.2, 0) is 4.79 Å². The van der Waals surface area contributed by atoms with E-state index in [0.29, 0.717) is 25.9 Å². The number of hydrogen-bond acceptors (Lipinski definition) is 2. The van der Waals surface area contributed by atoms with Crippen molar-refractivity contribution in [2.75, 3.05) is 13.1 Å². The first-order chi connectivity index (χ1) is 10.6. The van der Waals surface area contributed by atoms with Gasteiger partial charge in [-0.1, -0.05) is 32.1 Å². The SMILES string of the molecule is CC(CCC1CCCCC1)NC(=O)N1CCC(C(=O)O)CC1. The van der Waals surface area contributed by atoms with Crippen LogP contribution >= 0.6 is 0 Å². The van der Waals surface area contributed by atoms with Gasteiger partial charge in [0.15, 0.2) is 0 Å². The molecule has 22 heavy (non-hydrogen) atoms. The molecule has 0 radical (unpaired) electrons. The van der Waals surface area contributed by atoms with E-state index in [9.17, 15) is 9.59 Å². The number of likely N-dealkylation sites (tertiary alicyclic amines) is 1. The maximum absolute atomic E-state index is 12.2. The Morgan fingerprint density at radius 2 is 1.77 bits per heavy atom. The Labute approximate surface area is 133 Å². The lowest BCUT2D eigenvalue weighted by molar-refractivity contribution is -0.143. The van der Waals surface area contributed by atoms with Crippen LogP contribution in [0.4, 0.5) is 4.79 Å². The molecule has 0 aromatic carbocycles. The van der Waals surface area contributed by atoms with Crippen LogP contribution in [0.25, 0.3) is 0 Å². The lowest BCUT2D eigenvalue weighted by Crippen LogP contribution is -2.48. The number of hydrogen-bond donors (Lipinski definition) is 2. The van der Waals surface area contributed by atoms with Crippen molar-refractivity contribution in [3.63, 3.8) is 0 Å². The summed E-state index contributed by atoms with van der Waals surface area (Å²) in [5.74, 6) is -0.173. The zero-order valence-corrected chi connectivity index (χ0v) is 13.7. The molecule has 0 aromatic heterocycles. The van der Waals surface area contributed by atoms with Gasteiger partial charge in [0, 0.05) is 19.1 Å². The second kappa shape index (κ2) is 8.39. The number of urea groups is 1. The molecule has 1 heterocycles. The molecule has 0 bridgehead atoms. The van der Waals surface area contributed by atoms with Gasteiger partial charge in [0.1, 0.15) is 0 Å². The Balaban J connectivity index is 1.64. The van der Waals surface area contributed by atoms with Crippen molar-refractivity contribution < 1.29 is 14.7 Å². The molecule has 0 spiro atoms. The number of nitrogens with zero attached hydrogens (tertiary/aromatic N) is 1. The fourth-order valence-electron chi connectivity index (χ4n) is 3.67. The van der Waals surface area contributed by atoms with E-state index in [1.165, 1.54) is 38.5 Å². The van der Waals surface area contributed by atoms with Gasteiger partial charge in [-0.15, -0.1) is 0 Å². The molecule has 1 unspecified atom stereocenters. The van der Waals surface area contributed by atoms with Crippen LogP contribution in [0.1, 0.15) is 64.7 Å². The van der Waals surface area contributed by atoms with Crippen molar-refractivity contribution >= 4 is 12.0 Å². The Bertz CT molecular complexity index is 372. The standard InChI is InChI=1S/C17H30N2O3/c1-13(7-8-14-5-3-2-4-6-14)18-17(22)19-11-9-15(10-12-19)16(20)21/h13-15H,2-12H2,1H3,(H,18,22)(H,20,21). The molecule has 2 fully saturated rings. The van der Waals surface area contributed by atoms with Crippen molar-refractivity contribution in [3.05, 3.63) is 0 Å². The third kappa shape index (κ3) is 5.18. The van der Waals surface area contributed by atoms with Gasteiger partial charge in [-0.3, -0.25) is 4.79 Å². The molecule has 1 atom stereocenters. The van der Waals surface area contributed by atoms with Crippen LogP contribution in [0, 0.1) is 11.8 Å². The fraction of sp³-hybridized carbons (Fsp3) is 0.882. The summed E-state index contributed by atoms with van der Waals surface area (Å²) >= 11 is 0. The molecule has 1 aliphatic heterocycles. The summed E-state index contributed by atoms with van der Waals surface area (Å²) in [4.78, 5) is 24.9. The van der Waals surface area contributed by atoms with Crippen molar-refractivity contribution in [1.82, 2.24) is 10.2 Å². The molecule has 0 aromatic rings. The summed E-state index contributed by atoms with van der Waals surface area (Å²) < 4.78 is 0. The van der Waals surface area contributed by atoms with E-state index < -0.39 is 5.97 Å². The van der Waals surface area contributed by atoms with E-state index >= 15 is 0 Å². The van der Waals surface area contributed by atoms with Crippen LogP contribution in [0.3, 0.4) is 0 Å².